The summed E-state index contributed by atoms with van der Waals surface area (Å²) >= 11 is 0. The van der Waals surface area contributed by atoms with Crippen molar-refractivity contribution in [1.29, 1.82) is 0 Å². The third-order valence-corrected chi connectivity index (χ3v) is 4.56. The largest absolute Gasteiger partial charge is 0.444 e. The summed E-state index contributed by atoms with van der Waals surface area (Å²) in [7, 11) is 0. The van der Waals surface area contributed by atoms with Crippen LogP contribution in [-0.2, 0) is 18.9 Å². The lowest BCUT2D eigenvalue weighted by Crippen LogP contribution is -2.31. The van der Waals surface area contributed by atoms with Crippen molar-refractivity contribution in [1.82, 2.24) is 19.7 Å². The van der Waals surface area contributed by atoms with E-state index in [9.17, 15) is 9.90 Å². The number of ether oxygens (including phenoxy) is 4. The number of anilines is 1. The lowest BCUT2D eigenvalue weighted by Gasteiger charge is -2.23. The maximum Gasteiger partial charge on any atom is 0.413 e. The van der Waals surface area contributed by atoms with Crippen LogP contribution < -0.4 is 5.32 Å². The minimum Gasteiger partial charge on any atom is -0.444 e. The predicted molar refractivity (Wildman–Crippen MR) is 100 cm³/mol. The maximum atomic E-state index is 12.1. The van der Waals surface area contributed by atoms with E-state index in [1.165, 1.54) is 12.5 Å². The number of amides is 1. The Labute approximate surface area is 167 Å². The van der Waals surface area contributed by atoms with Crippen LogP contribution in [0.4, 0.5) is 10.6 Å². The van der Waals surface area contributed by atoms with Gasteiger partial charge in [0.05, 0.1) is 18.2 Å². The molecule has 0 saturated carbocycles. The number of carbonyl (C=O) groups is 1. The molecule has 0 aromatic carbocycles. The Kier molecular flexibility index (Phi) is 4.73. The van der Waals surface area contributed by atoms with Gasteiger partial charge in [-0.1, -0.05) is 0 Å². The maximum absolute atomic E-state index is 12.1. The summed E-state index contributed by atoms with van der Waals surface area (Å²) in [4.78, 5) is 20.5. The number of aliphatic hydroxyl groups is 1. The van der Waals surface area contributed by atoms with Crippen LogP contribution in [0.1, 0.15) is 40.8 Å². The smallest absolute Gasteiger partial charge is 0.413 e. The van der Waals surface area contributed by atoms with E-state index in [1.807, 2.05) is 13.8 Å². The first-order chi connectivity index (χ1) is 13.6. The second-order valence-electron chi connectivity index (χ2n) is 8.49. The van der Waals surface area contributed by atoms with Crippen LogP contribution in [0.25, 0.3) is 11.0 Å². The molecule has 2 aliphatic heterocycles. The van der Waals surface area contributed by atoms with Crippen molar-refractivity contribution in [2.45, 2.75) is 70.5 Å². The summed E-state index contributed by atoms with van der Waals surface area (Å²) in [6, 6.07) is 0. The highest BCUT2D eigenvalue weighted by Crippen LogP contribution is 2.43. The van der Waals surface area contributed by atoms with Crippen LogP contribution in [0.5, 0.6) is 0 Å². The number of hydrogen-bond donors (Lipinski definition) is 2. The molecule has 4 rings (SSSR count). The first kappa shape index (κ1) is 20.0. The lowest BCUT2D eigenvalue weighted by molar-refractivity contribution is -0.201. The van der Waals surface area contributed by atoms with Crippen molar-refractivity contribution in [2.24, 2.45) is 0 Å². The molecule has 2 aliphatic rings. The molecule has 11 heteroatoms. The van der Waals surface area contributed by atoms with Gasteiger partial charge in [-0.15, -0.1) is 0 Å². The van der Waals surface area contributed by atoms with Crippen LogP contribution in [0.3, 0.4) is 0 Å². The molecule has 4 atom stereocenters. The zero-order chi connectivity index (χ0) is 21.0. The quantitative estimate of drug-likeness (QED) is 0.779. The predicted octanol–water partition coefficient (Wildman–Crippen LogP) is 1.58. The SMILES string of the molecule is CC(C)(C)OC(=O)Nc1ncnc2c1cnn2[C@@H]1O[C@H](CO)[C@H]2OC(C)(C)O[C@H]21. The van der Waals surface area contributed by atoms with Crippen LogP contribution in [0, 0.1) is 0 Å². The number of hydrogen-bond acceptors (Lipinski definition) is 9. The molecule has 0 aliphatic carbocycles. The average Bonchev–Trinajstić information content (AvgIpc) is 3.24. The van der Waals surface area contributed by atoms with Crippen LogP contribution in [0.2, 0.25) is 0 Å². The fourth-order valence-corrected chi connectivity index (χ4v) is 3.55. The average molecular weight is 407 g/mol. The Hall–Kier alpha value is -2.34. The molecule has 11 nitrogen and oxygen atoms in total. The fraction of sp³-hybridized carbons (Fsp3) is 0.667. The van der Waals surface area contributed by atoms with Gasteiger partial charge in [-0.25, -0.2) is 19.4 Å². The molecule has 0 unspecified atom stereocenters. The standard InChI is InChI=1S/C18H25N5O6/c1-17(2,3)29-16(25)22-13-9-6-21-23(14(9)20-8-19-13)15-12-11(10(7-24)26-15)27-18(4,5)28-12/h6,8,10-12,15,24H,7H2,1-5H3,(H,19,20,22,25)/t10-,11-,12-,15-/m1/s1. The van der Waals surface area contributed by atoms with Gasteiger partial charge in [-0.3, -0.25) is 5.32 Å². The summed E-state index contributed by atoms with van der Waals surface area (Å²) in [6.07, 6.45) is 0.125. The van der Waals surface area contributed by atoms with Crippen LogP contribution >= 0.6 is 0 Å². The molecular formula is C18H25N5O6. The van der Waals surface area contributed by atoms with Crippen molar-refractivity contribution >= 4 is 22.9 Å². The number of nitrogens with one attached hydrogen (secondary N) is 1. The Balaban J connectivity index is 1.64. The number of nitrogens with zero attached hydrogens (tertiary/aromatic N) is 4. The highest BCUT2D eigenvalue weighted by atomic mass is 16.8. The summed E-state index contributed by atoms with van der Waals surface area (Å²) in [5.74, 6) is -0.528. The van der Waals surface area contributed by atoms with Crippen molar-refractivity contribution in [2.75, 3.05) is 11.9 Å². The van der Waals surface area contributed by atoms with Crippen LogP contribution in [-0.4, -0.2) is 67.3 Å². The Morgan fingerprint density at radius 3 is 2.72 bits per heavy atom. The third kappa shape index (κ3) is 3.78. The van der Waals surface area contributed by atoms with Gasteiger partial charge in [0, 0.05) is 0 Å². The molecule has 0 spiro atoms. The van der Waals surface area contributed by atoms with E-state index in [4.69, 9.17) is 18.9 Å². The van der Waals surface area contributed by atoms with E-state index >= 15 is 0 Å². The molecule has 1 amide bonds. The number of aromatic nitrogens is 4. The van der Waals surface area contributed by atoms with Crippen molar-refractivity contribution < 1.29 is 28.8 Å². The van der Waals surface area contributed by atoms with E-state index in [2.05, 4.69) is 20.4 Å². The fourth-order valence-electron chi connectivity index (χ4n) is 3.55. The lowest BCUT2D eigenvalue weighted by atomic mass is 10.1. The molecular weight excluding hydrogens is 382 g/mol. The van der Waals surface area contributed by atoms with Gasteiger partial charge in [-0.05, 0) is 34.6 Å². The molecule has 0 radical (unpaired) electrons. The zero-order valence-electron chi connectivity index (χ0n) is 16.9. The minimum absolute atomic E-state index is 0.212. The number of carbonyl (C=O) groups excluding carboxylic acids is 1. The Morgan fingerprint density at radius 2 is 2.03 bits per heavy atom. The molecule has 2 fully saturated rings. The summed E-state index contributed by atoms with van der Waals surface area (Å²) in [5, 5.41) is 17.2. The second kappa shape index (κ2) is 6.87. The summed E-state index contributed by atoms with van der Waals surface area (Å²) in [6.45, 7) is 8.73. The molecule has 2 aromatic rings. The van der Waals surface area contributed by atoms with E-state index < -0.39 is 42.0 Å². The molecule has 2 aromatic heterocycles. The minimum atomic E-state index is -0.799. The molecule has 2 saturated heterocycles. The van der Waals surface area contributed by atoms with Gasteiger partial charge in [0.2, 0.25) is 0 Å². The molecule has 2 N–H and O–H groups in total. The normalized spacial score (nSPS) is 28.5. The number of aliphatic hydroxyl groups excluding tert-OH is 1. The highest BCUT2D eigenvalue weighted by molar-refractivity contribution is 5.95. The van der Waals surface area contributed by atoms with Crippen LogP contribution in [0.15, 0.2) is 12.5 Å². The Bertz CT molecular complexity index is 923. The topological polar surface area (TPSA) is 130 Å². The summed E-state index contributed by atoms with van der Waals surface area (Å²) in [5.41, 5.74) is -0.194. The zero-order valence-corrected chi connectivity index (χ0v) is 16.9. The van der Waals surface area contributed by atoms with E-state index in [0.717, 1.165) is 0 Å². The van der Waals surface area contributed by atoms with Gasteiger partial charge in [0.25, 0.3) is 0 Å². The van der Waals surface area contributed by atoms with E-state index in [0.29, 0.717) is 11.0 Å². The van der Waals surface area contributed by atoms with Crippen molar-refractivity contribution in [3.63, 3.8) is 0 Å². The second-order valence-corrected chi connectivity index (χ2v) is 8.49. The van der Waals surface area contributed by atoms with Gasteiger partial charge in [-0.2, -0.15) is 5.10 Å². The first-order valence-corrected chi connectivity index (χ1v) is 9.38. The molecule has 0 bridgehead atoms. The van der Waals surface area contributed by atoms with Gasteiger partial charge < -0.3 is 24.1 Å². The number of fused-ring (bicyclic) bond motifs is 2. The number of rotatable bonds is 3. The van der Waals surface area contributed by atoms with Gasteiger partial charge >= 0.3 is 6.09 Å². The molecule has 4 heterocycles. The molecule has 158 valence electrons. The van der Waals surface area contributed by atoms with Crippen molar-refractivity contribution in [3.8, 4) is 0 Å². The van der Waals surface area contributed by atoms with E-state index in [1.54, 1.807) is 25.5 Å². The third-order valence-electron chi connectivity index (χ3n) is 4.56. The monoisotopic (exact) mass is 407 g/mol. The molecule has 29 heavy (non-hydrogen) atoms. The van der Waals surface area contributed by atoms with Gasteiger partial charge in [0.15, 0.2) is 17.7 Å². The first-order valence-electron chi connectivity index (χ1n) is 9.38. The summed E-state index contributed by atoms with van der Waals surface area (Å²) < 4.78 is 24.6. The van der Waals surface area contributed by atoms with Crippen molar-refractivity contribution in [3.05, 3.63) is 12.5 Å². The van der Waals surface area contributed by atoms with Gasteiger partial charge in [0.1, 0.15) is 36.1 Å². The van der Waals surface area contributed by atoms with E-state index in [-0.39, 0.29) is 12.4 Å². The Morgan fingerprint density at radius 1 is 1.31 bits per heavy atom. The highest BCUT2D eigenvalue weighted by Gasteiger charge is 2.56.